The molecule has 0 atom stereocenters. The number of Topliss-reactive ketones (excluding diaryl/α,β-unsaturated/α-hetero) is 1. The molecule has 0 spiro atoms. The van der Waals surface area contributed by atoms with Crippen molar-refractivity contribution in [2.24, 2.45) is 11.1 Å². The van der Waals surface area contributed by atoms with Crippen LogP contribution in [0.2, 0.25) is 0 Å². The van der Waals surface area contributed by atoms with E-state index in [2.05, 4.69) is 15.0 Å². The van der Waals surface area contributed by atoms with Crippen molar-refractivity contribution in [1.29, 1.82) is 0 Å². The number of benzene rings is 1. The number of nitrogens with zero attached hydrogens (tertiary/aromatic N) is 2. The van der Waals surface area contributed by atoms with Crippen molar-refractivity contribution < 1.29 is 9.59 Å². The summed E-state index contributed by atoms with van der Waals surface area (Å²) in [7, 11) is 0. The molecule has 0 saturated carbocycles. The summed E-state index contributed by atoms with van der Waals surface area (Å²) in [6.07, 6.45) is 3.24. The summed E-state index contributed by atoms with van der Waals surface area (Å²) in [6, 6.07) is 6.86. The summed E-state index contributed by atoms with van der Waals surface area (Å²) < 4.78 is 0. The van der Waals surface area contributed by atoms with E-state index in [1.165, 1.54) is 0 Å². The number of amides is 1. The van der Waals surface area contributed by atoms with Gasteiger partial charge in [-0.25, -0.2) is 9.97 Å². The molecule has 2 aromatic heterocycles. The van der Waals surface area contributed by atoms with Gasteiger partial charge in [0.2, 0.25) is 5.91 Å². The van der Waals surface area contributed by atoms with Crippen LogP contribution >= 0.6 is 0 Å². The van der Waals surface area contributed by atoms with E-state index in [-0.39, 0.29) is 5.78 Å². The Kier molecular flexibility index (Phi) is 3.67. The van der Waals surface area contributed by atoms with E-state index in [1.807, 2.05) is 26.8 Å². The van der Waals surface area contributed by atoms with Crippen LogP contribution in [-0.2, 0) is 0 Å². The van der Waals surface area contributed by atoms with E-state index in [0.29, 0.717) is 28.0 Å². The number of carbonyl (C=O) groups is 2. The van der Waals surface area contributed by atoms with E-state index < -0.39 is 11.3 Å². The predicted molar refractivity (Wildman–Crippen MR) is 91.6 cm³/mol. The highest BCUT2D eigenvalue weighted by Gasteiger charge is 2.26. The second-order valence-corrected chi connectivity index (χ2v) is 6.68. The molecule has 0 aliphatic carbocycles. The smallest absolute Gasteiger partial charge is 0.248 e. The Balaban J connectivity index is 2.13. The van der Waals surface area contributed by atoms with Crippen LogP contribution in [0.1, 0.15) is 41.5 Å². The molecule has 0 saturated heterocycles. The van der Waals surface area contributed by atoms with E-state index in [1.54, 1.807) is 30.6 Å². The molecule has 0 aliphatic rings. The fourth-order valence-electron chi connectivity index (χ4n) is 2.44. The van der Waals surface area contributed by atoms with Crippen LogP contribution in [0, 0.1) is 5.41 Å². The van der Waals surface area contributed by atoms with Gasteiger partial charge in [0.25, 0.3) is 0 Å². The van der Waals surface area contributed by atoms with Crippen molar-refractivity contribution in [3.8, 4) is 11.3 Å². The lowest BCUT2D eigenvalue weighted by Gasteiger charge is -2.15. The third-order valence-electron chi connectivity index (χ3n) is 3.75. The normalized spacial score (nSPS) is 11.6. The zero-order chi connectivity index (χ0) is 17.5. The Bertz CT molecular complexity index is 951. The molecular formula is C18H18N4O2. The Labute approximate surface area is 139 Å². The third kappa shape index (κ3) is 2.78. The molecule has 0 bridgehead atoms. The maximum atomic E-state index is 12.6. The van der Waals surface area contributed by atoms with Gasteiger partial charge in [-0.05, 0) is 12.1 Å². The number of nitrogens with one attached hydrogen (secondary N) is 1. The van der Waals surface area contributed by atoms with E-state index >= 15 is 0 Å². The number of ketones is 1. The number of rotatable bonds is 3. The minimum absolute atomic E-state index is 0.00825. The first-order chi connectivity index (χ1) is 11.3. The number of carbonyl (C=O) groups excluding carboxylic acids is 2. The van der Waals surface area contributed by atoms with Crippen molar-refractivity contribution in [2.45, 2.75) is 20.8 Å². The molecule has 6 heteroatoms. The Hall–Kier alpha value is -3.02. The van der Waals surface area contributed by atoms with Gasteiger partial charge < -0.3 is 10.7 Å². The molecule has 0 aliphatic heterocycles. The highest BCUT2D eigenvalue weighted by atomic mass is 16.1. The molecule has 6 nitrogen and oxygen atoms in total. The number of aromatic nitrogens is 3. The Morgan fingerprint density at radius 3 is 2.62 bits per heavy atom. The first-order valence-electron chi connectivity index (χ1n) is 7.56. The molecule has 2 heterocycles. The van der Waals surface area contributed by atoms with Gasteiger partial charge in [0.1, 0.15) is 5.52 Å². The monoisotopic (exact) mass is 322 g/mol. The van der Waals surface area contributed by atoms with Crippen molar-refractivity contribution >= 4 is 22.9 Å². The van der Waals surface area contributed by atoms with E-state index in [4.69, 9.17) is 5.73 Å². The maximum absolute atomic E-state index is 12.6. The van der Waals surface area contributed by atoms with Crippen LogP contribution in [0.25, 0.3) is 22.4 Å². The predicted octanol–water partition coefficient (Wildman–Crippen LogP) is 2.95. The van der Waals surface area contributed by atoms with Gasteiger partial charge in [-0.2, -0.15) is 0 Å². The second-order valence-electron chi connectivity index (χ2n) is 6.68. The number of fused-ring (bicyclic) bond motifs is 1. The quantitative estimate of drug-likeness (QED) is 0.724. The summed E-state index contributed by atoms with van der Waals surface area (Å²) >= 11 is 0. The fourth-order valence-corrected chi connectivity index (χ4v) is 2.44. The molecule has 0 fully saturated rings. The summed E-state index contributed by atoms with van der Waals surface area (Å²) in [5.74, 6) is -0.512. The highest BCUT2D eigenvalue weighted by Crippen LogP contribution is 2.27. The number of primary amides is 1. The van der Waals surface area contributed by atoms with Gasteiger partial charge in [-0.15, -0.1) is 0 Å². The molecule has 1 amide bonds. The number of aromatic amines is 1. The van der Waals surface area contributed by atoms with Crippen LogP contribution in [0.3, 0.4) is 0 Å². The molecule has 1 aromatic carbocycles. The largest absolute Gasteiger partial charge is 0.366 e. The van der Waals surface area contributed by atoms with Crippen LogP contribution in [-0.4, -0.2) is 26.6 Å². The maximum Gasteiger partial charge on any atom is 0.248 e. The molecular weight excluding hydrogens is 304 g/mol. The molecule has 0 unspecified atom stereocenters. The highest BCUT2D eigenvalue weighted by molar-refractivity contribution is 6.08. The fraction of sp³-hybridized carbons (Fsp3) is 0.222. The van der Waals surface area contributed by atoms with Gasteiger partial charge in [0.05, 0.1) is 17.5 Å². The van der Waals surface area contributed by atoms with Crippen LogP contribution < -0.4 is 5.73 Å². The van der Waals surface area contributed by atoms with Gasteiger partial charge in [0, 0.05) is 22.7 Å². The first-order valence-corrected chi connectivity index (χ1v) is 7.56. The molecule has 122 valence electrons. The SMILES string of the molecule is CC(C)(C)C(=O)c1c[nH]c2ncc(-c3cccc(C(N)=O)c3)nc12. The van der Waals surface area contributed by atoms with Gasteiger partial charge >= 0.3 is 0 Å². The Morgan fingerprint density at radius 2 is 1.96 bits per heavy atom. The molecule has 3 rings (SSSR count). The van der Waals surface area contributed by atoms with Gasteiger partial charge in [-0.1, -0.05) is 32.9 Å². The van der Waals surface area contributed by atoms with Gasteiger partial charge in [-0.3, -0.25) is 9.59 Å². The van der Waals surface area contributed by atoms with Crippen LogP contribution in [0.4, 0.5) is 0 Å². The van der Waals surface area contributed by atoms with E-state index in [9.17, 15) is 9.59 Å². The first kappa shape index (κ1) is 15.9. The Morgan fingerprint density at radius 1 is 1.21 bits per heavy atom. The molecule has 3 N–H and O–H groups in total. The summed E-state index contributed by atoms with van der Waals surface area (Å²) in [4.78, 5) is 35.8. The number of H-pyrrole nitrogens is 1. The lowest BCUT2D eigenvalue weighted by Crippen LogP contribution is -2.20. The number of nitrogens with two attached hydrogens (primary N) is 1. The molecule has 0 radical (unpaired) electrons. The van der Waals surface area contributed by atoms with Gasteiger partial charge in [0.15, 0.2) is 11.4 Å². The van der Waals surface area contributed by atoms with Crippen molar-refractivity contribution in [3.63, 3.8) is 0 Å². The summed E-state index contributed by atoms with van der Waals surface area (Å²) in [5.41, 5.74) is 8.09. The van der Waals surface area contributed by atoms with Crippen molar-refractivity contribution in [3.05, 3.63) is 47.8 Å². The number of hydrogen-bond acceptors (Lipinski definition) is 4. The summed E-state index contributed by atoms with van der Waals surface area (Å²) in [5, 5.41) is 0. The second kappa shape index (κ2) is 5.56. The van der Waals surface area contributed by atoms with Crippen LogP contribution in [0.5, 0.6) is 0 Å². The van der Waals surface area contributed by atoms with Crippen molar-refractivity contribution in [1.82, 2.24) is 15.0 Å². The van der Waals surface area contributed by atoms with Crippen molar-refractivity contribution in [2.75, 3.05) is 0 Å². The molecule has 3 aromatic rings. The zero-order valence-corrected chi connectivity index (χ0v) is 13.8. The third-order valence-corrected chi connectivity index (χ3v) is 3.75. The molecule has 24 heavy (non-hydrogen) atoms. The summed E-state index contributed by atoms with van der Waals surface area (Å²) in [6.45, 7) is 5.59. The number of hydrogen-bond donors (Lipinski definition) is 2. The minimum atomic E-state index is -0.515. The topological polar surface area (TPSA) is 102 Å². The van der Waals surface area contributed by atoms with Crippen LogP contribution in [0.15, 0.2) is 36.7 Å². The average molecular weight is 322 g/mol. The average Bonchev–Trinajstić information content (AvgIpc) is 2.96. The standard InChI is InChI=1S/C18H18N4O2/c1-18(2,3)15(23)12-8-20-17-14(12)22-13(9-21-17)10-5-4-6-11(7-10)16(19)24/h4-9H,1-3H3,(H2,19,24)(H,20,21). The zero-order valence-electron chi connectivity index (χ0n) is 13.8. The van der Waals surface area contributed by atoms with E-state index in [0.717, 1.165) is 5.56 Å². The lowest BCUT2D eigenvalue weighted by atomic mass is 9.87. The minimum Gasteiger partial charge on any atom is -0.366 e. The lowest BCUT2D eigenvalue weighted by molar-refractivity contribution is 0.0859.